The first-order chi connectivity index (χ1) is 17.1. The molecule has 178 valence electrons. The van der Waals surface area contributed by atoms with Gasteiger partial charge in [-0.25, -0.2) is 0 Å². The van der Waals surface area contributed by atoms with E-state index in [0.29, 0.717) is 24.1 Å². The summed E-state index contributed by atoms with van der Waals surface area (Å²) < 4.78 is 0. The molecule has 0 spiro atoms. The first-order valence-corrected chi connectivity index (χ1v) is 12.6. The summed E-state index contributed by atoms with van der Waals surface area (Å²) in [5.74, 6) is -0.264. The van der Waals surface area contributed by atoms with E-state index in [1.807, 2.05) is 24.3 Å². The van der Waals surface area contributed by atoms with Gasteiger partial charge >= 0.3 is 0 Å². The number of hydrogen-bond acceptors (Lipinski definition) is 3. The van der Waals surface area contributed by atoms with Crippen LogP contribution in [-0.4, -0.2) is 29.2 Å². The maximum Gasteiger partial charge on any atom is 0.261 e. The van der Waals surface area contributed by atoms with Crippen molar-refractivity contribution in [2.45, 2.75) is 51.0 Å². The lowest BCUT2D eigenvalue weighted by Gasteiger charge is -2.16. The molecular weight excluding hydrogens is 436 g/mol. The fourth-order valence-electron chi connectivity index (χ4n) is 5.25. The van der Waals surface area contributed by atoms with Gasteiger partial charge in [0.15, 0.2) is 0 Å². The van der Waals surface area contributed by atoms with Crippen LogP contribution in [-0.2, 0) is 4.79 Å². The Morgan fingerprint density at radius 3 is 1.66 bits per heavy atom. The average molecular weight is 467 g/mol. The van der Waals surface area contributed by atoms with Crippen LogP contribution in [0.25, 0.3) is 11.1 Å². The highest BCUT2D eigenvalue weighted by Crippen LogP contribution is 2.43. The molecule has 1 N–H and O–H groups in total. The lowest BCUT2D eigenvalue weighted by Crippen LogP contribution is -2.30. The predicted molar refractivity (Wildman–Crippen MR) is 136 cm³/mol. The molecule has 0 fully saturated rings. The van der Waals surface area contributed by atoms with Crippen LogP contribution in [0.1, 0.15) is 82.8 Å². The maximum atomic E-state index is 12.7. The van der Waals surface area contributed by atoms with Crippen molar-refractivity contribution >= 4 is 17.7 Å². The number of rotatable bonds is 10. The van der Waals surface area contributed by atoms with E-state index in [9.17, 15) is 14.4 Å². The third-order valence-corrected chi connectivity index (χ3v) is 7.05. The number of nitrogens with zero attached hydrogens (tertiary/aromatic N) is 1. The highest BCUT2D eigenvalue weighted by Gasteiger charge is 2.34. The molecule has 5 rings (SSSR count). The Kier molecular flexibility index (Phi) is 6.75. The average Bonchev–Trinajstić information content (AvgIpc) is 3.33. The third-order valence-electron chi connectivity index (χ3n) is 7.05. The van der Waals surface area contributed by atoms with Gasteiger partial charge in [0.1, 0.15) is 0 Å². The van der Waals surface area contributed by atoms with Crippen molar-refractivity contribution in [1.82, 2.24) is 10.2 Å². The molecule has 3 aromatic rings. The van der Waals surface area contributed by atoms with Crippen LogP contribution in [0.2, 0.25) is 0 Å². The van der Waals surface area contributed by atoms with Gasteiger partial charge in [-0.1, -0.05) is 86.3 Å². The molecule has 2 aliphatic rings. The molecule has 0 saturated heterocycles. The molecule has 1 aliphatic heterocycles. The van der Waals surface area contributed by atoms with Crippen molar-refractivity contribution in [3.8, 4) is 11.1 Å². The minimum Gasteiger partial charge on any atom is -0.345 e. The minimum atomic E-state index is -0.177. The van der Waals surface area contributed by atoms with Crippen molar-refractivity contribution in [3.05, 3.63) is 95.1 Å². The SMILES string of the molecule is O=C(CCCCCCCCN1C(=O)c2ccccc2C1=O)NC1c2ccccc2-c2ccccc21. The highest BCUT2D eigenvalue weighted by atomic mass is 16.2. The number of amides is 3. The Balaban J connectivity index is 1.00. The minimum absolute atomic E-state index is 0.0722. The van der Waals surface area contributed by atoms with Crippen molar-refractivity contribution in [3.63, 3.8) is 0 Å². The van der Waals surface area contributed by atoms with Gasteiger partial charge in [0, 0.05) is 13.0 Å². The summed E-state index contributed by atoms with van der Waals surface area (Å²) in [5, 5.41) is 3.24. The standard InChI is InChI=1S/C30H30N2O3/c33-27(31-28-23-15-8-6-13-21(23)22-14-7-9-16-24(22)28)19-5-3-1-2-4-12-20-32-29(34)25-17-10-11-18-26(25)30(32)35/h6-11,13-18,28H,1-5,12,19-20H2,(H,31,33). The number of hydrogen-bond donors (Lipinski definition) is 1. The molecule has 5 nitrogen and oxygen atoms in total. The van der Waals surface area contributed by atoms with Gasteiger partial charge in [-0.3, -0.25) is 19.3 Å². The molecule has 1 heterocycles. The van der Waals surface area contributed by atoms with Crippen molar-refractivity contribution < 1.29 is 14.4 Å². The van der Waals surface area contributed by atoms with Gasteiger partial charge in [0.2, 0.25) is 5.91 Å². The van der Waals surface area contributed by atoms with Crippen LogP contribution >= 0.6 is 0 Å². The molecular formula is C30H30N2O3. The van der Waals surface area contributed by atoms with Gasteiger partial charge in [0.05, 0.1) is 17.2 Å². The zero-order valence-electron chi connectivity index (χ0n) is 19.8. The second-order valence-corrected chi connectivity index (χ2v) is 9.35. The van der Waals surface area contributed by atoms with Crippen molar-refractivity contribution in [1.29, 1.82) is 0 Å². The van der Waals surface area contributed by atoms with Gasteiger partial charge < -0.3 is 5.32 Å². The van der Waals surface area contributed by atoms with Crippen molar-refractivity contribution in [2.75, 3.05) is 6.54 Å². The number of carbonyl (C=O) groups excluding carboxylic acids is 3. The summed E-state index contributed by atoms with van der Waals surface area (Å²) in [6, 6.07) is 23.5. The summed E-state index contributed by atoms with van der Waals surface area (Å²) in [7, 11) is 0. The van der Waals surface area contributed by atoms with E-state index in [1.165, 1.54) is 27.2 Å². The Hall–Kier alpha value is -3.73. The monoisotopic (exact) mass is 466 g/mol. The van der Waals surface area contributed by atoms with E-state index in [4.69, 9.17) is 0 Å². The number of carbonyl (C=O) groups is 3. The van der Waals surface area contributed by atoms with E-state index in [1.54, 1.807) is 24.3 Å². The fraction of sp³-hybridized carbons (Fsp3) is 0.300. The van der Waals surface area contributed by atoms with Crippen LogP contribution in [0.15, 0.2) is 72.8 Å². The quantitative estimate of drug-likeness (QED) is 0.299. The van der Waals surface area contributed by atoms with E-state index in [-0.39, 0.29) is 23.8 Å². The number of imide groups is 1. The molecule has 3 aromatic carbocycles. The van der Waals surface area contributed by atoms with Gasteiger partial charge in [-0.2, -0.15) is 0 Å². The van der Waals surface area contributed by atoms with Crippen LogP contribution in [0, 0.1) is 0 Å². The number of benzene rings is 3. The topological polar surface area (TPSA) is 66.5 Å². The molecule has 0 saturated carbocycles. The molecule has 5 heteroatoms. The Morgan fingerprint density at radius 1 is 0.629 bits per heavy atom. The summed E-state index contributed by atoms with van der Waals surface area (Å²) in [6.07, 6.45) is 6.24. The first kappa shape index (κ1) is 23.0. The van der Waals surface area contributed by atoms with Crippen LogP contribution in [0.3, 0.4) is 0 Å². The fourth-order valence-corrected chi connectivity index (χ4v) is 5.25. The first-order valence-electron chi connectivity index (χ1n) is 12.6. The summed E-state index contributed by atoms with van der Waals surface area (Å²) >= 11 is 0. The van der Waals surface area contributed by atoms with Crippen LogP contribution in [0.4, 0.5) is 0 Å². The summed E-state index contributed by atoms with van der Waals surface area (Å²) in [4.78, 5) is 38.9. The molecule has 0 atom stereocenters. The van der Waals surface area contributed by atoms with Crippen LogP contribution in [0.5, 0.6) is 0 Å². The van der Waals surface area contributed by atoms with Crippen LogP contribution < -0.4 is 5.32 Å². The number of nitrogens with one attached hydrogen (secondary N) is 1. The Morgan fingerprint density at radius 2 is 1.09 bits per heavy atom. The van der Waals surface area contributed by atoms with Gasteiger partial charge in [0.25, 0.3) is 11.8 Å². The van der Waals surface area contributed by atoms with Crippen molar-refractivity contribution in [2.24, 2.45) is 0 Å². The van der Waals surface area contributed by atoms with E-state index < -0.39 is 0 Å². The second kappa shape index (κ2) is 10.3. The molecule has 0 bridgehead atoms. The largest absolute Gasteiger partial charge is 0.345 e. The summed E-state index contributed by atoms with van der Waals surface area (Å²) in [6.45, 7) is 0.471. The van der Waals surface area contributed by atoms with E-state index in [2.05, 4.69) is 29.6 Å². The molecule has 0 unspecified atom stereocenters. The van der Waals surface area contributed by atoms with E-state index >= 15 is 0 Å². The molecule has 3 amide bonds. The lowest BCUT2D eigenvalue weighted by atomic mass is 10.0. The van der Waals surface area contributed by atoms with Gasteiger partial charge in [-0.15, -0.1) is 0 Å². The van der Waals surface area contributed by atoms with Gasteiger partial charge in [-0.05, 0) is 47.2 Å². The second-order valence-electron chi connectivity index (χ2n) is 9.35. The predicted octanol–water partition coefficient (Wildman–Crippen LogP) is 5.90. The van der Waals surface area contributed by atoms with E-state index in [0.717, 1.165) is 38.5 Å². The normalized spacial score (nSPS) is 14.1. The molecule has 0 radical (unpaired) electrons. The number of fused-ring (bicyclic) bond motifs is 4. The molecule has 1 aliphatic carbocycles. The highest BCUT2D eigenvalue weighted by molar-refractivity contribution is 6.21. The zero-order chi connectivity index (χ0) is 24.2. The third kappa shape index (κ3) is 4.63. The zero-order valence-corrected chi connectivity index (χ0v) is 19.8. The Labute approximate surface area is 206 Å². The maximum absolute atomic E-state index is 12.7. The lowest BCUT2D eigenvalue weighted by molar-refractivity contribution is -0.121. The summed E-state index contributed by atoms with van der Waals surface area (Å²) in [5.41, 5.74) is 5.77. The smallest absolute Gasteiger partial charge is 0.261 e. The number of unbranched alkanes of at least 4 members (excludes halogenated alkanes) is 5. The molecule has 35 heavy (non-hydrogen) atoms. The Bertz CT molecular complexity index is 1190. The molecule has 0 aromatic heterocycles.